The first-order valence-electron chi connectivity index (χ1n) is 5.59. The SMILES string of the molecule is Cc1ccc(C)c2c1CC1CCC(=O)N21. The Hall–Kier alpha value is -1.31. The highest BCUT2D eigenvalue weighted by Gasteiger charge is 2.39. The Balaban J connectivity index is 2.21. The second kappa shape index (κ2) is 2.84. The Labute approximate surface area is 89.9 Å². The third-order valence-electron chi connectivity index (χ3n) is 3.72. The summed E-state index contributed by atoms with van der Waals surface area (Å²) in [5.41, 5.74) is 5.18. The van der Waals surface area contributed by atoms with Gasteiger partial charge in [0.1, 0.15) is 0 Å². The van der Waals surface area contributed by atoms with E-state index in [4.69, 9.17) is 0 Å². The number of carbonyl (C=O) groups is 1. The van der Waals surface area contributed by atoms with Crippen LogP contribution >= 0.6 is 0 Å². The number of fused-ring (bicyclic) bond motifs is 3. The number of hydrogen-bond donors (Lipinski definition) is 0. The van der Waals surface area contributed by atoms with E-state index in [9.17, 15) is 4.79 Å². The van der Waals surface area contributed by atoms with Gasteiger partial charge < -0.3 is 4.90 Å². The average Bonchev–Trinajstić information content (AvgIpc) is 2.74. The van der Waals surface area contributed by atoms with E-state index in [2.05, 4.69) is 26.0 Å². The van der Waals surface area contributed by atoms with Crippen molar-refractivity contribution >= 4 is 11.6 Å². The Kier molecular flexibility index (Phi) is 1.70. The van der Waals surface area contributed by atoms with E-state index in [-0.39, 0.29) is 0 Å². The number of rotatable bonds is 0. The summed E-state index contributed by atoms with van der Waals surface area (Å²) in [5, 5.41) is 0. The zero-order valence-corrected chi connectivity index (χ0v) is 9.21. The van der Waals surface area contributed by atoms with E-state index in [1.165, 1.54) is 22.4 Å². The molecule has 2 nitrogen and oxygen atoms in total. The van der Waals surface area contributed by atoms with Crippen molar-refractivity contribution in [3.8, 4) is 0 Å². The predicted molar refractivity (Wildman–Crippen MR) is 60.1 cm³/mol. The molecule has 15 heavy (non-hydrogen) atoms. The number of carbonyl (C=O) groups excluding carboxylic acids is 1. The van der Waals surface area contributed by atoms with Crippen LogP contribution in [0.3, 0.4) is 0 Å². The zero-order valence-electron chi connectivity index (χ0n) is 9.21. The fourth-order valence-corrected chi connectivity index (χ4v) is 2.93. The molecule has 0 radical (unpaired) electrons. The molecular weight excluding hydrogens is 186 g/mol. The molecule has 2 heterocycles. The van der Waals surface area contributed by atoms with Gasteiger partial charge in [-0.25, -0.2) is 0 Å². The summed E-state index contributed by atoms with van der Waals surface area (Å²) in [6.45, 7) is 4.25. The Morgan fingerprint density at radius 2 is 2.00 bits per heavy atom. The van der Waals surface area contributed by atoms with Gasteiger partial charge in [-0.05, 0) is 43.4 Å². The molecule has 78 valence electrons. The van der Waals surface area contributed by atoms with Crippen LogP contribution in [0.1, 0.15) is 29.5 Å². The minimum absolute atomic E-state index is 0.312. The Bertz CT molecular complexity index is 450. The number of benzene rings is 1. The maximum atomic E-state index is 11.8. The lowest BCUT2D eigenvalue weighted by molar-refractivity contribution is -0.117. The Morgan fingerprint density at radius 3 is 2.80 bits per heavy atom. The third-order valence-corrected chi connectivity index (χ3v) is 3.72. The van der Waals surface area contributed by atoms with Gasteiger partial charge in [0.25, 0.3) is 0 Å². The molecule has 2 heteroatoms. The van der Waals surface area contributed by atoms with Crippen LogP contribution < -0.4 is 4.90 Å². The smallest absolute Gasteiger partial charge is 0.227 e. The van der Waals surface area contributed by atoms with Crippen molar-refractivity contribution in [1.82, 2.24) is 0 Å². The van der Waals surface area contributed by atoms with Gasteiger partial charge in [0.2, 0.25) is 5.91 Å². The number of anilines is 1. The quantitative estimate of drug-likeness (QED) is 0.631. The molecule has 1 aromatic carbocycles. The summed E-state index contributed by atoms with van der Waals surface area (Å²) in [6, 6.07) is 4.75. The minimum atomic E-state index is 0.312. The van der Waals surface area contributed by atoms with Crippen molar-refractivity contribution in [2.45, 2.75) is 39.2 Å². The second-order valence-corrected chi connectivity index (χ2v) is 4.69. The van der Waals surface area contributed by atoms with Crippen LogP contribution in [0.4, 0.5) is 5.69 Å². The maximum absolute atomic E-state index is 11.8. The van der Waals surface area contributed by atoms with Crippen LogP contribution in [0.25, 0.3) is 0 Å². The largest absolute Gasteiger partial charge is 0.308 e. The standard InChI is InChI=1S/C13H15NO/c1-8-3-4-9(2)13-11(8)7-10-5-6-12(15)14(10)13/h3-4,10H,5-7H2,1-2H3. The van der Waals surface area contributed by atoms with Crippen molar-refractivity contribution in [2.24, 2.45) is 0 Å². The molecule has 2 aliphatic heterocycles. The second-order valence-electron chi connectivity index (χ2n) is 4.69. The molecule has 1 unspecified atom stereocenters. The number of hydrogen-bond acceptors (Lipinski definition) is 1. The topological polar surface area (TPSA) is 20.3 Å². The molecule has 0 aliphatic carbocycles. The van der Waals surface area contributed by atoms with Crippen LogP contribution in [-0.2, 0) is 11.2 Å². The van der Waals surface area contributed by atoms with E-state index >= 15 is 0 Å². The molecule has 1 atom stereocenters. The summed E-state index contributed by atoms with van der Waals surface area (Å²) < 4.78 is 0. The molecule has 1 aromatic rings. The fraction of sp³-hybridized carbons (Fsp3) is 0.462. The lowest BCUT2D eigenvalue weighted by atomic mass is 10.00. The molecule has 1 fully saturated rings. The molecule has 1 saturated heterocycles. The first-order chi connectivity index (χ1) is 7.18. The average molecular weight is 201 g/mol. The van der Waals surface area contributed by atoms with Crippen molar-refractivity contribution < 1.29 is 4.79 Å². The van der Waals surface area contributed by atoms with Gasteiger partial charge in [-0.1, -0.05) is 12.1 Å². The molecule has 0 aromatic heterocycles. The number of amides is 1. The van der Waals surface area contributed by atoms with E-state index in [0.29, 0.717) is 11.9 Å². The van der Waals surface area contributed by atoms with Gasteiger partial charge in [0.05, 0.1) is 5.69 Å². The number of nitrogens with zero attached hydrogens (tertiary/aromatic N) is 1. The maximum Gasteiger partial charge on any atom is 0.227 e. The highest BCUT2D eigenvalue weighted by atomic mass is 16.2. The van der Waals surface area contributed by atoms with Gasteiger partial charge in [0, 0.05) is 12.5 Å². The van der Waals surface area contributed by atoms with E-state index in [0.717, 1.165) is 19.3 Å². The van der Waals surface area contributed by atoms with Crippen molar-refractivity contribution in [3.63, 3.8) is 0 Å². The van der Waals surface area contributed by atoms with E-state index in [1.54, 1.807) is 0 Å². The molecule has 1 amide bonds. The summed E-state index contributed by atoms with van der Waals surface area (Å²) in [7, 11) is 0. The third kappa shape index (κ3) is 1.08. The van der Waals surface area contributed by atoms with E-state index < -0.39 is 0 Å². The van der Waals surface area contributed by atoms with Crippen LogP contribution in [0, 0.1) is 13.8 Å². The van der Waals surface area contributed by atoms with Crippen LogP contribution in [-0.4, -0.2) is 11.9 Å². The van der Waals surface area contributed by atoms with Crippen molar-refractivity contribution in [2.75, 3.05) is 4.90 Å². The van der Waals surface area contributed by atoms with Crippen LogP contribution in [0.5, 0.6) is 0 Å². The molecule has 0 saturated carbocycles. The molecule has 2 aliphatic rings. The van der Waals surface area contributed by atoms with Crippen molar-refractivity contribution in [3.05, 3.63) is 28.8 Å². The lowest BCUT2D eigenvalue weighted by Gasteiger charge is -2.18. The number of aryl methyl sites for hydroxylation is 2. The molecule has 0 N–H and O–H groups in total. The summed E-state index contributed by atoms with van der Waals surface area (Å²) >= 11 is 0. The lowest BCUT2D eigenvalue weighted by Crippen LogP contribution is -2.29. The zero-order chi connectivity index (χ0) is 10.6. The van der Waals surface area contributed by atoms with E-state index in [1.807, 2.05) is 4.90 Å². The molecular formula is C13H15NO. The monoisotopic (exact) mass is 201 g/mol. The Morgan fingerprint density at radius 1 is 1.27 bits per heavy atom. The van der Waals surface area contributed by atoms with Gasteiger partial charge in [-0.15, -0.1) is 0 Å². The van der Waals surface area contributed by atoms with Crippen LogP contribution in [0.15, 0.2) is 12.1 Å². The normalized spacial score (nSPS) is 23.2. The fourth-order valence-electron chi connectivity index (χ4n) is 2.93. The minimum Gasteiger partial charge on any atom is -0.308 e. The summed E-state index contributed by atoms with van der Waals surface area (Å²) in [5.74, 6) is 0.312. The molecule has 0 bridgehead atoms. The van der Waals surface area contributed by atoms with Gasteiger partial charge in [0.15, 0.2) is 0 Å². The van der Waals surface area contributed by atoms with Crippen molar-refractivity contribution in [1.29, 1.82) is 0 Å². The predicted octanol–water partition coefficient (Wildman–Crippen LogP) is 2.35. The molecule has 0 spiro atoms. The highest BCUT2D eigenvalue weighted by Crippen LogP contribution is 2.41. The molecule has 3 rings (SSSR count). The summed E-state index contributed by atoms with van der Waals surface area (Å²) in [4.78, 5) is 13.8. The van der Waals surface area contributed by atoms with Crippen LogP contribution in [0.2, 0.25) is 0 Å². The highest BCUT2D eigenvalue weighted by molar-refractivity contribution is 5.99. The van der Waals surface area contributed by atoms with Gasteiger partial charge in [-0.3, -0.25) is 4.79 Å². The summed E-state index contributed by atoms with van der Waals surface area (Å²) in [6.07, 6.45) is 2.83. The first kappa shape index (κ1) is 8.96. The first-order valence-corrected chi connectivity index (χ1v) is 5.59. The van der Waals surface area contributed by atoms with Gasteiger partial charge >= 0.3 is 0 Å². The van der Waals surface area contributed by atoms with Gasteiger partial charge in [-0.2, -0.15) is 0 Å².